The summed E-state index contributed by atoms with van der Waals surface area (Å²) in [5.41, 5.74) is 0.723. The molecule has 0 aromatic carbocycles. The summed E-state index contributed by atoms with van der Waals surface area (Å²) in [5.74, 6) is 0.714. The summed E-state index contributed by atoms with van der Waals surface area (Å²) in [7, 11) is 0. The van der Waals surface area contributed by atoms with Gasteiger partial charge in [-0.1, -0.05) is 0 Å². The highest BCUT2D eigenvalue weighted by molar-refractivity contribution is 5.93. The lowest BCUT2D eigenvalue weighted by atomic mass is 10.1. The van der Waals surface area contributed by atoms with Crippen molar-refractivity contribution in [2.75, 3.05) is 13.1 Å². The molecule has 0 aliphatic carbocycles. The molecule has 2 N–H and O–H groups in total. The second-order valence-electron chi connectivity index (χ2n) is 5.49. The Labute approximate surface area is 124 Å². The number of nitrogens with one attached hydrogen (secondary N) is 2. The fourth-order valence-corrected chi connectivity index (χ4v) is 2.87. The summed E-state index contributed by atoms with van der Waals surface area (Å²) in [6.45, 7) is 3.94. The van der Waals surface area contributed by atoms with Crippen molar-refractivity contribution in [1.29, 1.82) is 0 Å². The zero-order chi connectivity index (χ0) is 14.7. The van der Waals surface area contributed by atoms with Crippen molar-refractivity contribution in [2.45, 2.75) is 31.8 Å². The zero-order valence-corrected chi connectivity index (χ0v) is 12.2. The molecule has 0 saturated carbocycles. The molecule has 1 aliphatic heterocycles. The first-order chi connectivity index (χ1) is 10.3. The van der Waals surface area contributed by atoms with Gasteiger partial charge < -0.3 is 19.6 Å². The Kier molecular flexibility index (Phi) is 4.10. The molecule has 2 aromatic heterocycles. The monoisotopic (exact) mass is 287 g/mol. The van der Waals surface area contributed by atoms with Crippen LogP contribution >= 0.6 is 0 Å². The summed E-state index contributed by atoms with van der Waals surface area (Å²) in [6.07, 6.45) is 5.74. The van der Waals surface area contributed by atoms with E-state index in [-0.39, 0.29) is 11.9 Å². The fourth-order valence-electron chi connectivity index (χ4n) is 2.87. The van der Waals surface area contributed by atoms with Crippen LogP contribution in [0.3, 0.4) is 0 Å². The van der Waals surface area contributed by atoms with Crippen LogP contribution in [0.25, 0.3) is 0 Å². The number of piperidine rings is 1. The van der Waals surface area contributed by atoms with Gasteiger partial charge in [-0.15, -0.1) is 0 Å². The van der Waals surface area contributed by atoms with Crippen molar-refractivity contribution in [3.05, 3.63) is 48.2 Å². The van der Waals surface area contributed by atoms with Gasteiger partial charge in [0.1, 0.15) is 11.5 Å². The van der Waals surface area contributed by atoms with E-state index in [1.54, 1.807) is 6.26 Å². The number of carbonyl (C=O) groups is 1. The third-order valence-corrected chi connectivity index (χ3v) is 4.03. The van der Waals surface area contributed by atoms with Gasteiger partial charge in [0.15, 0.2) is 0 Å². The first kappa shape index (κ1) is 13.9. The molecule has 0 spiro atoms. The van der Waals surface area contributed by atoms with Gasteiger partial charge in [0.2, 0.25) is 0 Å². The summed E-state index contributed by atoms with van der Waals surface area (Å²) >= 11 is 0. The van der Waals surface area contributed by atoms with Gasteiger partial charge in [-0.25, -0.2) is 0 Å². The molecule has 3 rings (SSSR count). The number of carbonyl (C=O) groups excluding carboxylic acids is 1. The average molecular weight is 287 g/mol. The minimum atomic E-state index is -0.135. The molecule has 1 aliphatic rings. The van der Waals surface area contributed by atoms with E-state index in [2.05, 4.69) is 15.2 Å². The SMILES string of the molecule is C[C@@H](NC(=O)c1cccn1C1CCNCC1)c1ccco1. The molecule has 1 atom stereocenters. The number of nitrogens with zero attached hydrogens (tertiary/aromatic N) is 1. The number of hydrogen-bond donors (Lipinski definition) is 2. The largest absolute Gasteiger partial charge is 0.467 e. The minimum absolute atomic E-state index is 0.0533. The Balaban J connectivity index is 1.71. The second-order valence-corrected chi connectivity index (χ2v) is 5.49. The first-order valence-electron chi connectivity index (χ1n) is 7.47. The Morgan fingerprint density at radius 3 is 2.90 bits per heavy atom. The fraction of sp³-hybridized carbons (Fsp3) is 0.438. The van der Waals surface area contributed by atoms with E-state index in [9.17, 15) is 4.79 Å². The van der Waals surface area contributed by atoms with Crippen molar-refractivity contribution in [1.82, 2.24) is 15.2 Å². The summed E-state index contributed by atoms with van der Waals surface area (Å²) < 4.78 is 7.43. The van der Waals surface area contributed by atoms with Crippen LogP contribution in [0.2, 0.25) is 0 Å². The van der Waals surface area contributed by atoms with Crippen LogP contribution in [0.1, 0.15) is 48.1 Å². The highest BCUT2D eigenvalue weighted by Gasteiger charge is 2.21. The third kappa shape index (κ3) is 3.03. The molecular formula is C16H21N3O2. The zero-order valence-electron chi connectivity index (χ0n) is 12.2. The van der Waals surface area contributed by atoms with E-state index < -0.39 is 0 Å². The van der Waals surface area contributed by atoms with Crippen LogP contribution in [0.15, 0.2) is 41.1 Å². The van der Waals surface area contributed by atoms with Crippen LogP contribution < -0.4 is 10.6 Å². The molecular weight excluding hydrogens is 266 g/mol. The lowest BCUT2D eigenvalue weighted by Crippen LogP contribution is -2.33. The van der Waals surface area contributed by atoms with Crippen molar-refractivity contribution >= 4 is 5.91 Å². The first-order valence-corrected chi connectivity index (χ1v) is 7.47. The molecule has 5 heteroatoms. The summed E-state index contributed by atoms with van der Waals surface area (Å²) in [5, 5.41) is 6.34. The van der Waals surface area contributed by atoms with E-state index in [1.807, 2.05) is 37.4 Å². The van der Waals surface area contributed by atoms with E-state index >= 15 is 0 Å². The Bertz CT molecular complexity index is 582. The van der Waals surface area contributed by atoms with Crippen LogP contribution in [0.5, 0.6) is 0 Å². The predicted molar refractivity (Wildman–Crippen MR) is 80.2 cm³/mol. The van der Waals surface area contributed by atoms with Gasteiger partial charge in [-0.2, -0.15) is 0 Å². The molecule has 0 bridgehead atoms. The maximum atomic E-state index is 12.5. The van der Waals surface area contributed by atoms with Crippen molar-refractivity contribution in [2.24, 2.45) is 0 Å². The molecule has 5 nitrogen and oxygen atoms in total. The molecule has 3 heterocycles. The molecule has 0 radical (unpaired) electrons. The van der Waals surface area contributed by atoms with Crippen molar-refractivity contribution in [3.8, 4) is 0 Å². The Hall–Kier alpha value is -2.01. The standard InChI is InChI=1S/C16H21N3O2/c1-12(15-5-3-11-21-15)18-16(20)14-4-2-10-19(14)13-6-8-17-9-7-13/h2-5,10-13,17H,6-9H2,1H3,(H,18,20)/t12-/m1/s1. The van der Waals surface area contributed by atoms with E-state index in [4.69, 9.17) is 4.42 Å². The topological polar surface area (TPSA) is 59.2 Å². The molecule has 1 amide bonds. The lowest BCUT2D eigenvalue weighted by molar-refractivity contribution is 0.0922. The highest BCUT2D eigenvalue weighted by Crippen LogP contribution is 2.22. The maximum absolute atomic E-state index is 12.5. The molecule has 1 saturated heterocycles. The summed E-state index contributed by atoms with van der Waals surface area (Å²) in [4.78, 5) is 12.5. The maximum Gasteiger partial charge on any atom is 0.268 e. The Morgan fingerprint density at radius 2 is 2.19 bits per heavy atom. The van der Waals surface area contributed by atoms with E-state index in [0.717, 1.165) is 37.4 Å². The minimum Gasteiger partial charge on any atom is -0.467 e. The van der Waals surface area contributed by atoms with Crippen LogP contribution in [-0.4, -0.2) is 23.6 Å². The van der Waals surface area contributed by atoms with Crippen LogP contribution in [-0.2, 0) is 0 Å². The van der Waals surface area contributed by atoms with E-state index in [0.29, 0.717) is 6.04 Å². The molecule has 21 heavy (non-hydrogen) atoms. The average Bonchev–Trinajstić information content (AvgIpc) is 3.19. The van der Waals surface area contributed by atoms with Gasteiger partial charge >= 0.3 is 0 Å². The van der Waals surface area contributed by atoms with Gasteiger partial charge in [0, 0.05) is 12.2 Å². The van der Waals surface area contributed by atoms with Crippen molar-refractivity contribution in [3.63, 3.8) is 0 Å². The summed E-state index contributed by atoms with van der Waals surface area (Å²) in [6, 6.07) is 7.79. The second kappa shape index (κ2) is 6.18. The normalized spacial score (nSPS) is 17.6. The lowest BCUT2D eigenvalue weighted by Gasteiger charge is -2.26. The van der Waals surface area contributed by atoms with Gasteiger partial charge in [-0.3, -0.25) is 4.79 Å². The quantitative estimate of drug-likeness (QED) is 0.908. The molecule has 1 fully saturated rings. The number of aromatic nitrogens is 1. The number of amides is 1. The Morgan fingerprint density at radius 1 is 1.38 bits per heavy atom. The number of furan rings is 1. The van der Waals surface area contributed by atoms with Crippen LogP contribution in [0, 0.1) is 0 Å². The predicted octanol–water partition coefficient (Wildman–Crippen LogP) is 2.50. The molecule has 112 valence electrons. The van der Waals surface area contributed by atoms with Crippen LogP contribution in [0.4, 0.5) is 0 Å². The van der Waals surface area contributed by atoms with Gasteiger partial charge in [-0.05, 0) is 57.1 Å². The molecule has 2 aromatic rings. The van der Waals surface area contributed by atoms with Gasteiger partial charge in [0.25, 0.3) is 5.91 Å². The third-order valence-electron chi connectivity index (χ3n) is 4.03. The van der Waals surface area contributed by atoms with Gasteiger partial charge in [0.05, 0.1) is 12.3 Å². The molecule has 0 unspecified atom stereocenters. The smallest absolute Gasteiger partial charge is 0.268 e. The number of rotatable bonds is 4. The number of hydrogen-bond acceptors (Lipinski definition) is 3. The highest BCUT2D eigenvalue weighted by atomic mass is 16.3. The van der Waals surface area contributed by atoms with E-state index in [1.165, 1.54) is 0 Å². The van der Waals surface area contributed by atoms with Crippen molar-refractivity contribution < 1.29 is 9.21 Å².